The Morgan fingerprint density at radius 3 is 2.20 bits per heavy atom. The van der Waals surface area contributed by atoms with Crippen LogP contribution in [0.2, 0.25) is 0 Å². The molecule has 0 aliphatic heterocycles. The van der Waals surface area contributed by atoms with Crippen molar-refractivity contribution in [2.45, 2.75) is 37.8 Å². The van der Waals surface area contributed by atoms with Gasteiger partial charge in [-0.05, 0) is 51.0 Å². The van der Waals surface area contributed by atoms with Crippen LogP contribution < -0.4 is 10.6 Å². The number of carbonyl (C=O) groups is 2. The van der Waals surface area contributed by atoms with E-state index in [1.165, 1.54) is 17.3 Å². The Balaban J connectivity index is 1.84. The van der Waals surface area contributed by atoms with Gasteiger partial charge in [0.2, 0.25) is 11.8 Å². The molecule has 2 rings (SSSR count). The fourth-order valence-corrected chi connectivity index (χ4v) is 3.27. The highest BCUT2D eigenvalue weighted by Crippen LogP contribution is 2.23. The molecule has 0 fully saturated rings. The second-order valence-electron chi connectivity index (χ2n) is 6.11. The van der Waals surface area contributed by atoms with Gasteiger partial charge in [0, 0.05) is 10.6 Å². The number of benzene rings is 2. The summed E-state index contributed by atoms with van der Waals surface area (Å²) in [5, 5.41) is 5.30. The van der Waals surface area contributed by atoms with Crippen LogP contribution in [-0.2, 0) is 9.59 Å². The minimum Gasteiger partial charge on any atom is -0.346 e. The van der Waals surface area contributed by atoms with Crippen molar-refractivity contribution >= 4 is 29.3 Å². The van der Waals surface area contributed by atoms with E-state index in [1.807, 2.05) is 70.2 Å². The minimum absolute atomic E-state index is 0.0363. The van der Waals surface area contributed by atoms with Crippen LogP contribution in [0.15, 0.2) is 47.4 Å². The SMILES string of the molecule is Cc1ccc(S[C@@H](C)C(=O)NCC(=O)Nc2c(C)cccc2C)cc1. The number of thioether (sulfide) groups is 1. The summed E-state index contributed by atoms with van der Waals surface area (Å²) in [6.45, 7) is 7.72. The molecule has 2 aromatic carbocycles. The Bertz CT molecular complexity index is 737. The van der Waals surface area contributed by atoms with E-state index in [2.05, 4.69) is 10.6 Å². The zero-order valence-electron chi connectivity index (χ0n) is 15.1. The van der Waals surface area contributed by atoms with E-state index in [0.717, 1.165) is 21.7 Å². The molecule has 0 unspecified atom stereocenters. The fourth-order valence-electron chi connectivity index (χ4n) is 2.38. The molecule has 2 amide bonds. The molecular weight excluding hydrogens is 332 g/mol. The van der Waals surface area contributed by atoms with Crippen molar-refractivity contribution in [3.8, 4) is 0 Å². The molecule has 0 saturated carbocycles. The summed E-state index contributed by atoms with van der Waals surface area (Å²) in [7, 11) is 0. The largest absolute Gasteiger partial charge is 0.346 e. The molecule has 0 aliphatic carbocycles. The van der Waals surface area contributed by atoms with Gasteiger partial charge in [0.1, 0.15) is 0 Å². The summed E-state index contributed by atoms with van der Waals surface area (Å²) in [6.07, 6.45) is 0. The van der Waals surface area contributed by atoms with Crippen molar-refractivity contribution in [2.75, 3.05) is 11.9 Å². The number of anilines is 1. The molecule has 1 atom stereocenters. The van der Waals surface area contributed by atoms with Crippen molar-refractivity contribution in [1.82, 2.24) is 5.32 Å². The summed E-state index contributed by atoms with van der Waals surface area (Å²) in [4.78, 5) is 25.3. The molecule has 25 heavy (non-hydrogen) atoms. The maximum Gasteiger partial charge on any atom is 0.243 e. The molecular formula is C20H24N2O2S. The smallest absolute Gasteiger partial charge is 0.243 e. The summed E-state index contributed by atoms with van der Waals surface area (Å²) in [5.74, 6) is -0.375. The standard InChI is InChI=1S/C20H24N2O2S/c1-13-8-10-17(11-9-13)25-16(4)20(24)21-12-18(23)22-19-14(2)6-5-7-15(19)3/h5-11,16H,12H2,1-4H3,(H,21,24)(H,22,23)/t16-/m0/s1. The van der Waals surface area contributed by atoms with E-state index in [9.17, 15) is 9.59 Å². The Morgan fingerprint density at radius 1 is 1.00 bits per heavy atom. The van der Waals surface area contributed by atoms with Crippen LogP contribution in [0, 0.1) is 20.8 Å². The molecule has 0 aliphatic rings. The number of nitrogens with one attached hydrogen (secondary N) is 2. The predicted octanol–water partition coefficient (Wildman–Crippen LogP) is 3.85. The zero-order chi connectivity index (χ0) is 18.4. The average molecular weight is 356 g/mol. The Hall–Kier alpha value is -2.27. The van der Waals surface area contributed by atoms with Gasteiger partial charge in [-0.15, -0.1) is 11.8 Å². The molecule has 0 aromatic heterocycles. The lowest BCUT2D eigenvalue weighted by molar-refractivity contribution is -0.123. The van der Waals surface area contributed by atoms with Gasteiger partial charge in [0.25, 0.3) is 0 Å². The molecule has 5 heteroatoms. The highest BCUT2D eigenvalue weighted by atomic mass is 32.2. The fraction of sp³-hybridized carbons (Fsp3) is 0.300. The van der Waals surface area contributed by atoms with E-state index in [4.69, 9.17) is 0 Å². The Kier molecular flexibility index (Phi) is 6.65. The quantitative estimate of drug-likeness (QED) is 0.773. The first-order chi connectivity index (χ1) is 11.9. The lowest BCUT2D eigenvalue weighted by atomic mass is 10.1. The van der Waals surface area contributed by atoms with Crippen LogP contribution >= 0.6 is 11.8 Å². The number of amides is 2. The van der Waals surface area contributed by atoms with Crippen molar-refractivity contribution in [2.24, 2.45) is 0 Å². The molecule has 132 valence electrons. The van der Waals surface area contributed by atoms with Gasteiger partial charge in [-0.25, -0.2) is 0 Å². The monoisotopic (exact) mass is 356 g/mol. The van der Waals surface area contributed by atoms with E-state index < -0.39 is 0 Å². The van der Waals surface area contributed by atoms with E-state index in [-0.39, 0.29) is 23.6 Å². The zero-order valence-corrected chi connectivity index (χ0v) is 15.9. The predicted molar refractivity (Wildman–Crippen MR) is 104 cm³/mol. The van der Waals surface area contributed by atoms with Gasteiger partial charge in [-0.1, -0.05) is 35.9 Å². The van der Waals surface area contributed by atoms with Gasteiger partial charge < -0.3 is 10.6 Å². The third kappa shape index (κ3) is 5.64. The van der Waals surface area contributed by atoms with Crippen LogP contribution in [0.3, 0.4) is 0 Å². The third-order valence-electron chi connectivity index (χ3n) is 3.87. The van der Waals surface area contributed by atoms with Gasteiger partial charge >= 0.3 is 0 Å². The second-order valence-corrected chi connectivity index (χ2v) is 7.52. The third-order valence-corrected chi connectivity index (χ3v) is 4.98. The molecule has 4 nitrogen and oxygen atoms in total. The van der Waals surface area contributed by atoms with Crippen LogP contribution in [0.25, 0.3) is 0 Å². The number of carbonyl (C=O) groups excluding carboxylic acids is 2. The highest BCUT2D eigenvalue weighted by Gasteiger charge is 2.15. The molecule has 0 spiro atoms. The summed E-state index contributed by atoms with van der Waals surface area (Å²) >= 11 is 1.48. The van der Waals surface area contributed by atoms with E-state index in [0.29, 0.717) is 0 Å². The molecule has 2 aromatic rings. The summed E-state index contributed by atoms with van der Waals surface area (Å²) in [5.41, 5.74) is 4.00. The summed E-state index contributed by atoms with van der Waals surface area (Å²) < 4.78 is 0. The van der Waals surface area contributed by atoms with E-state index >= 15 is 0 Å². The van der Waals surface area contributed by atoms with Gasteiger partial charge in [0.05, 0.1) is 11.8 Å². The van der Waals surface area contributed by atoms with E-state index in [1.54, 1.807) is 0 Å². The van der Waals surface area contributed by atoms with Crippen LogP contribution in [0.4, 0.5) is 5.69 Å². The first-order valence-electron chi connectivity index (χ1n) is 8.24. The van der Waals surface area contributed by atoms with Crippen LogP contribution in [0.1, 0.15) is 23.6 Å². The number of hydrogen-bond donors (Lipinski definition) is 2. The number of hydrogen-bond acceptors (Lipinski definition) is 3. The lowest BCUT2D eigenvalue weighted by Gasteiger charge is -2.14. The topological polar surface area (TPSA) is 58.2 Å². The molecule has 0 heterocycles. The number of para-hydroxylation sites is 1. The lowest BCUT2D eigenvalue weighted by Crippen LogP contribution is -2.37. The number of rotatable bonds is 6. The molecule has 2 N–H and O–H groups in total. The van der Waals surface area contributed by atoms with Crippen molar-refractivity contribution in [3.05, 3.63) is 59.2 Å². The van der Waals surface area contributed by atoms with Crippen molar-refractivity contribution in [1.29, 1.82) is 0 Å². The molecule has 0 saturated heterocycles. The molecule has 0 bridgehead atoms. The normalized spacial score (nSPS) is 11.7. The Labute approximate surface area is 153 Å². The van der Waals surface area contributed by atoms with Gasteiger partial charge in [-0.2, -0.15) is 0 Å². The minimum atomic E-state index is -0.268. The maximum absolute atomic E-state index is 12.2. The maximum atomic E-state index is 12.2. The van der Waals surface area contributed by atoms with Crippen molar-refractivity contribution < 1.29 is 9.59 Å². The van der Waals surface area contributed by atoms with Crippen molar-refractivity contribution in [3.63, 3.8) is 0 Å². The summed E-state index contributed by atoms with van der Waals surface area (Å²) in [6, 6.07) is 13.9. The average Bonchev–Trinajstić information content (AvgIpc) is 2.58. The van der Waals surface area contributed by atoms with Crippen LogP contribution in [-0.4, -0.2) is 23.6 Å². The molecule has 0 radical (unpaired) electrons. The first kappa shape index (κ1) is 19.1. The van der Waals surface area contributed by atoms with Gasteiger partial charge in [0.15, 0.2) is 0 Å². The van der Waals surface area contributed by atoms with Gasteiger partial charge in [-0.3, -0.25) is 9.59 Å². The van der Waals surface area contributed by atoms with Crippen LogP contribution in [0.5, 0.6) is 0 Å². The number of aryl methyl sites for hydroxylation is 3. The Morgan fingerprint density at radius 2 is 1.60 bits per heavy atom. The first-order valence-corrected chi connectivity index (χ1v) is 9.12. The highest BCUT2D eigenvalue weighted by molar-refractivity contribution is 8.00. The second kappa shape index (κ2) is 8.72.